The van der Waals surface area contributed by atoms with Crippen LogP contribution < -0.4 is 15.4 Å². The van der Waals surface area contributed by atoms with Gasteiger partial charge in [0.2, 0.25) is 0 Å². The van der Waals surface area contributed by atoms with Crippen LogP contribution >= 0.6 is 0 Å². The van der Waals surface area contributed by atoms with Gasteiger partial charge in [-0.15, -0.1) is 0 Å². The Kier molecular flexibility index (Phi) is 5.17. The first-order valence-electron chi connectivity index (χ1n) is 5.96. The highest BCUT2D eigenvalue weighted by molar-refractivity contribution is 6.00. The van der Waals surface area contributed by atoms with Gasteiger partial charge in [-0.25, -0.2) is 9.59 Å². The molecule has 0 aliphatic rings. The van der Waals surface area contributed by atoms with E-state index in [1.165, 1.54) is 25.3 Å². The topological polar surface area (TPSA) is 87.7 Å². The average Bonchev–Trinajstić information content (AvgIpc) is 2.37. The maximum absolute atomic E-state index is 11.7. The number of benzene rings is 1. The van der Waals surface area contributed by atoms with Gasteiger partial charge < -0.3 is 20.5 Å². The van der Waals surface area contributed by atoms with Crippen LogP contribution in [0.5, 0.6) is 5.75 Å². The second-order valence-electron chi connectivity index (χ2n) is 4.12. The molecule has 2 amide bonds. The number of carboxylic acid groups (broad SMARTS) is 1. The van der Waals surface area contributed by atoms with Crippen LogP contribution in [0.25, 0.3) is 0 Å². The van der Waals surface area contributed by atoms with E-state index in [0.717, 1.165) is 6.42 Å². The fraction of sp³-hybridized carbons (Fsp3) is 0.385. The Morgan fingerprint density at radius 2 is 2.11 bits per heavy atom. The summed E-state index contributed by atoms with van der Waals surface area (Å²) in [5, 5.41) is 14.3. The molecule has 1 rings (SSSR count). The van der Waals surface area contributed by atoms with Gasteiger partial charge in [-0.05, 0) is 25.5 Å². The van der Waals surface area contributed by atoms with Crippen molar-refractivity contribution in [2.45, 2.75) is 26.3 Å². The van der Waals surface area contributed by atoms with Crippen molar-refractivity contribution in [1.82, 2.24) is 5.32 Å². The Morgan fingerprint density at radius 1 is 1.42 bits per heavy atom. The highest BCUT2D eigenvalue weighted by Gasteiger charge is 2.14. The van der Waals surface area contributed by atoms with E-state index < -0.39 is 12.0 Å². The predicted molar refractivity (Wildman–Crippen MR) is 71.9 cm³/mol. The molecule has 0 aromatic heterocycles. The number of carbonyl (C=O) groups is 2. The zero-order chi connectivity index (χ0) is 14.4. The second kappa shape index (κ2) is 6.63. The first-order valence-corrected chi connectivity index (χ1v) is 5.96. The quantitative estimate of drug-likeness (QED) is 0.763. The molecule has 1 aromatic rings. The number of urea groups is 1. The summed E-state index contributed by atoms with van der Waals surface area (Å²) in [7, 11) is 1.47. The fourth-order valence-electron chi connectivity index (χ4n) is 1.42. The number of carboxylic acids is 1. The number of aromatic carboxylic acids is 1. The normalized spacial score (nSPS) is 11.5. The zero-order valence-corrected chi connectivity index (χ0v) is 11.2. The highest BCUT2D eigenvalue weighted by Crippen LogP contribution is 2.22. The van der Waals surface area contributed by atoms with Gasteiger partial charge in [-0.1, -0.05) is 6.92 Å². The average molecular weight is 266 g/mol. The number of anilines is 1. The van der Waals surface area contributed by atoms with Crippen LogP contribution in [0.4, 0.5) is 10.5 Å². The summed E-state index contributed by atoms with van der Waals surface area (Å²) in [6.07, 6.45) is 0.789. The first-order chi connectivity index (χ1) is 8.97. The molecule has 6 heteroatoms. The standard InChI is InChI=1S/C13H18N2O4/c1-4-8(2)14-13(18)15-11-7-9(19-3)5-6-10(11)12(16)17/h5-8H,4H2,1-3H3,(H,16,17)(H2,14,15,18). The summed E-state index contributed by atoms with van der Waals surface area (Å²) in [4.78, 5) is 22.8. The van der Waals surface area contributed by atoms with E-state index in [9.17, 15) is 9.59 Å². The largest absolute Gasteiger partial charge is 0.497 e. The van der Waals surface area contributed by atoms with Crippen molar-refractivity contribution in [1.29, 1.82) is 0 Å². The lowest BCUT2D eigenvalue weighted by Gasteiger charge is -2.14. The molecule has 104 valence electrons. The third-order valence-corrected chi connectivity index (χ3v) is 2.70. The summed E-state index contributed by atoms with van der Waals surface area (Å²) in [6, 6.07) is 3.96. The Morgan fingerprint density at radius 3 is 2.63 bits per heavy atom. The highest BCUT2D eigenvalue weighted by atomic mass is 16.5. The van der Waals surface area contributed by atoms with E-state index in [2.05, 4.69) is 10.6 Å². The molecule has 3 N–H and O–H groups in total. The molecule has 1 unspecified atom stereocenters. The SMILES string of the molecule is CCC(C)NC(=O)Nc1cc(OC)ccc1C(=O)O. The van der Waals surface area contributed by atoms with E-state index >= 15 is 0 Å². The maximum Gasteiger partial charge on any atom is 0.337 e. The fourth-order valence-corrected chi connectivity index (χ4v) is 1.42. The molecule has 1 aromatic carbocycles. The summed E-state index contributed by atoms with van der Waals surface area (Å²) in [6.45, 7) is 3.81. The van der Waals surface area contributed by atoms with Crippen molar-refractivity contribution in [2.75, 3.05) is 12.4 Å². The van der Waals surface area contributed by atoms with Crippen LogP contribution in [0.15, 0.2) is 18.2 Å². The van der Waals surface area contributed by atoms with Crippen LogP contribution in [0.3, 0.4) is 0 Å². The number of rotatable bonds is 5. The third kappa shape index (κ3) is 4.17. The third-order valence-electron chi connectivity index (χ3n) is 2.70. The monoisotopic (exact) mass is 266 g/mol. The van der Waals surface area contributed by atoms with Crippen LogP contribution in [0.2, 0.25) is 0 Å². The number of hydrogen-bond acceptors (Lipinski definition) is 3. The van der Waals surface area contributed by atoms with E-state index in [-0.39, 0.29) is 17.3 Å². The van der Waals surface area contributed by atoms with Gasteiger partial charge in [0.1, 0.15) is 5.75 Å². The van der Waals surface area contributed by atoms with E-state index in [1.807, 2.05) is 13.8 Å². The van der Waals surface area contributed by atoms with Gasteiger partial charge in [0.25, 0.3) is 0 Å². The first kappa shape index (κ1) is 14.8. The number of amides is 2. The lowest BCUT2D eigenvalue weighted by atomic mass is 10.1. The summed E-state index contributed by atoms with van der Waals surface area (Å²) in [5.41, 5.74) is 0.216. The molecule has 0 aliphatic carbocycles. The van der Waals surface area contributed by atoms with Crippen LogP contribution in [0.1, 0.15) is 30.6 Å². The summed E-state index contributed by atoms with van der Waals surface area (Å²) >= 11 is 0. The number of carbonyl (C=O) groups excluding carboxylic acids is 1. The second-order valence-corrected chi connectivity index (χ2v) is 4.12. The molecule has 6 nitrogen and oxygen atoms in total. The maximum atomic E-state index is 11.7. The number of ether oxygens (including phenoxy) is 1. The van der Waals surface area contributed by atoms with Gasteiger partial charge in [-0.3, -0.25) is 0 Å². The van der Waals surface area contributed by atoms with Crippen molar-refractivity contribution in [3.05, 3.63) is 23.8 Å². The Balaban J connectivity index is 2.91. The molecule has 0 heterocycles. The molecule has 0 spiro atoms. The smallest absolute Gasteiger partial charge is 0.337 e. The van der Waals surface area contributed by atoms with Crippen molar-refractivity contribution < 1.29 is 19.4 Å². The zero-order valence-electron chi connectivity index (χ0n) is 11.2. The summed E-state index contributed by atoms with van der Waals surface area (Å²) < 4.78 is 5.01. The Labute approximate surface area is 111 Å². The van der Waals surface area contributed by atoms with Crippen LogP contribution in [0, 0.1) is 0 Å². The Bertz CT molecular complexity index is 474. The molecule has 0 aliphatic heterocycles. The van der Waals surface area contributed by atoms with E-state index in [4.69, 9.17) is 9.84 Å². The van der Waals surface area contributed by atoms with Crippen molar-refractivity contribution in [3.63, 3.8) is 0 Å². The van der Waals surface area contributed by atoms with Gasteiger partial charge in [0, 0.05) is 12.1 Å². The number of methoxy groups -OCH3 is 1. The van der Waals surface area contributed by atoms with Crippen molar-refractivity contribution in [2.24, 2.45) is 0 Å². The predicted octanol–water partition coefficient (Wildman–Crippen LogP) is 2.31. The molecule has 0 fully saturated rings. The number of hydrogen-bond donors (Lipinski definition) is 3. The number of nitrogens with one attached hydrogen (secondary N) is 2. The van der Waals surface area contributed by atoms with Gasteiger partial charge >= 0.3 is 12.0 Å². The van der Waals surface area contributed by atoms with Crippen LogP contribution in [-0.2, 0) is 0 Å². The van der Waals surface area contributed by atoms with E-state index in [0.29, 0.717) is 5.75 Å². The van der Waals surface area contributed by atoms with Gasteiger partial charge in [0.15, 0.2) is 0 Å². The molecule has 19 heavy (non-hydrogen) atoms. The lowest BCUT2D eigenvalue weighted by molar-refractivity contribution is 0.0698. The van der Waals surface area contributed by atoms with Gasteiger partial charge in [0.05, 0.1) is 18.4 Å². The molecular weight excluding hydrogens is 248 g/mol. The molecule has 1 atom stereocenters. The van der Waals surface area contributed by atoms with Gasteiger partial charge in [-0.2, -0.15) is 0 Å². The summed E-state index contributed by atoms with van der Waals surface area (Å²) in [5.74, 6) is -0.634. The van der Waals surface area contributed by atoms with Crippen LogP contribution in [-0.4, -0.2) is 30.3 Å². The minimum absolute atomic E-state index is 0.0129. The Hall–Kier alpha value is -2.24. The minimum Gasteiger partial charge on any atom is -0.497 e. The lowest BCUT2D eigenvalue weighted by Crippen LogP contribution is -2.36. The van der Waals surface area contributed by atoms with Crippen molar-refractivity contribution >= 4 is 17.7 Å². The molecule has 0 saturated carbocycles. The minimum atomic E-state index is -1.11. The van der Waals surface area contributed by atoms with Crippen molar-refractivity contribution in [3.8, 4) is 5.75 Å². The van der Waals surface area contributed by atoms with E-state index in [1.54, 1.807) is 0 Å². The molecular formula is C13H18N2O4. The molecule has 0 radical (unpaired) electrons. The molecule has 0 saturated heterocycles. The molecule has 0 bridgehead atoms.